The molecule has 0 fully saturated rings. The van der Waals surface area contributed by atoms with Gasteiger partial charge in [-0.1, -0.05) is 0 Å². The quantitative estimate of drug-likeness (QED) is 0.700. The van der Waals surface area contributed by atoms with Gasteiger partial charge in [0.2, 0.25) is 5.91 Å². The zero-order valence-corrected chi connectivity index (χ0v) is 14.2. The number of halogens is 2. The molecule has 0 saturated heterocycles. The molecule has 0 aliphatic carbocycles. The number of hydrogen-bond acceptors (Lipinski definition) is 3. The third kappa shape index (κ3) is 5.93. The minimum Gasteiger partial charge on any atom is -0.492 e. The molecule has 4 nitrogen and oxygen atoms in total. The van der Waals surface area contributed by atoms with Crippen molar-refractivity contribution >= 4 is 37.8 Å². The Hall–Kier alpha value is -0.590. The van der Waals surface area contributed by atoms with Crippen LogP contribution in [0, 0.1) is 0 Å². The van der Waals surface area contributed by atoms with Crippen LogP contribution in [0.3, 0.4) is 0 Å². The maximum atomic E-state index is 10.7. The van der Waals surface area contributed by atoms with Crippen LogP contribution in [0.15, 0.2) is 21.1 Å². The molecule has 0 bridgehead atoms. The van der Waals surface area contributed by atoms with Crippen LogP contribution in [0.5, 0.6) is 5.75 Å². The predicted molar refractivity (Wildman–Crippen MR) is 83.4 cm³/mol. The first kappa shape index (κ1) is 16.5. The predicted octanol–water partition coefficient (Wildman–Crippen LogP) is 2.84. The molecule has 0 aliphatic rings. The van der Waals surface area contributed by atoms with E-state index in [4.69, 9.17) is 4.74 Å². The van der Waals surface area contributed by atoms with E-state index < -0.39 is 0 Å². The summed E-state index contributed by atoms with van der Waals surface area (Å²) in [6.45, 7) is 6.21. The molecule has 6 heteroatoms. The molecule has 1 rings (SSSR count). The van der Waals surface area contributed by atoms with Crippen LogP contribution in [0.1, 0.15) is 19.4 Å². The molecule has 1 aromatic carbocycles. The molecular formula is C13H18Br2N2O2. The van der Waals surface area contributed by atoms with Gasteiger partial charge in [-0.05, 0) is 56.5 Å². The van der Waals surface area contributed by atoms with Crippen molar-refractivity contribution in [2.45, 2.75) is 20.4 Å². The van der Waals surface area contributed by atoms with Crippen molar-refractivity contribution in [3.05, 3.63) is 26.6 Å². The molecule has 0 radical (unpaired) electrons. The molecular weight excluding hydrogens is 376 g/mol. The van der Waals surface area contributed by atoms with Gasteiger partial charge in [0, 0.05) is 26.6 Å². The molecule has 0 spiro atoms. The Labute approximate surface area is 130 Å². The van der Waals surface area contributed by atoms with Gasteiger partial charge in [0.05, 0.1) is 15.6 Å². The number of carbonyl (C=O) groups is 1. The molecule has 0 atom stereocenters. The van der Waals surface area contributed by atoms with E-state index >= 15 is 0 Å². The van der Waals surface area contributed by atoms with E-state index in [1.807, 2.05) is 19.1 Å². The molecule has 0 heterocycles. The number of carbonyl (C=O) groups excluding carboxylic acids is 1. The highest BCUT2D eigenvalue weighted by atomic mass is 79.9. The monoisotopic (exact) mass is 392 g/mol. The minimum absolute atomic E-state index is 0.00615. The molecule has 106 valence electrons. The lowest BCUT2D eigenvalue weighted by Gasteiger charge is -2.11. The van der Waals surface area contributed by atoms with Crippen molar-refractivity contribution in [2.24, 2.45) is 0 Å². The van der Waals surface area contributed by atoms with Crippen molar-refractivity contribution in [3.8, 4) is 5.75 Å². The van der Waals surface area contributed by atoms with Gasteiger partial charge >= 0.3 is 0 Å². The van der Waals surface area contributed by atoms with Crippen molar-refractivity contribution in [2.75, 3.05) is 19.7 Å². The third-order valence-electron chi connectivity index (χ3n) is 2.35. The number of nitrogens with one attached hydrogen (secondary N) is 2. The Morgan fingerprint density at radius 1 is 1.26 bits per heavy atom. The molecule has 0 aromatic heterocycles. The maximum absolute atomic E-state index is 10.7. The molecule has 19 heavy (non-hydrogen) atoms. The first-order valence-corrected chi connectivity index (χ1v) is 7.69. The van der Waals surface area contributed by atoms with E-state index in [1.165, 1.54) is 6.92 Å². The number of benzene rings is 1. The number of hydrogen-bond donors (Lipinski definition) is 2. The number of ether oxygens (including phenoxy) is 1. The van der Waals surface area contributed by atoms with Crippen molar-refractivity contribution in [1.29, 1.82) is 0 Å². The standard InChI is InChI=1S/C13H18Br2N2O2/c1-3-19-13-11(14)6-10(7-12(13)15)8-16-4-5-17-9(2)18/h6-7,16H,3-5,8H2,1-2H3,(H,17,18). The Balaban J connectivity index is 2.49. The Bertz CT molecular complexity index is 416. The van der Waals surface area contributed by atoms with E-state index in [9.17, 15) is 4.79 Å². The van der Waals surface area contributed by atoms with Gasteiger partial charge in [0.1, 0.15) is 5.75 Å². The van der Waals surface area contributed by atoms with Gasteiger partial charge in [-0.25, -0.2) is 0 Å². The van der Waals surface area contributed by atoms with Crippen molar-refractivity contribution in [3.63, 3.8) is 0 Å². The van der Waals surface area contributed by atoms with Gasteiger partial charge in [0.15, 0.2) is 0 Å². The van der Waals surface area contributed by atoms with Crippen molar-refractivity contribution in [1.82, 2.24) is 10.6 Å². The SMILES string of the molecule is CCOc1c(Br)cc(CNCCNC(C)=O)cc1Br. The topological polar surface area (TPSA) is 50.4 Å². The molecule has 0 aliphatic heterocycles. The van der Waals surface area contributed by atoms with E-state index in [2.05, 4.69) is 42.5 Å². The van der Waals surface area contributed by atoms with Crippen LogP contribution in [0.25, 0.3) is 0 Å². The zero-order valence-electron chi connectivity index (χ0n) is 11.1. The maximum Gasteiger partial charge on any atom is 0.216 e. The largest absolute Gasteiger partial charge is 0.492 e. The minimum atomic E-state index is -0.00615. The van der Waals surface area contributed by atoms with Gasteiger partial charge < -0.3 is 15.4 Å². The van der Waals surface area contributed by atoms with E-state index in [0.717, 1.165) is 33.3 Å². The van der Waals surface area contributed by atoms with Crippen molar-refractivity contribution < 1.29 is 9.53 Å². The first-order valence-electron chi connectivity index (χ1n) is 6.10. The van der Waals surface area contributed by atoms with Crippen LogP contribution in [-0.4, -0.2) is 25.6 Å². The van der Waals surface area contributed by atoms with Gasteiger partial charge in [-0.15, -0.1) is 0 Å². The fourth-order valence-corrected chi connectivity index (χ4v) is 3.07. The van der Waals surface area contributed by atoms with Crippen LogP contribution in [0.4, 0.5) is 0 Å². The average molecular weight is 394 g/mol. The highest BCUT2D eigenvalue weighted by Gasteiger charge is 2.08. The number of amides is 1. The molecule has 2 N–H and O–H groups in total. The fraction of sp³-hybridized carbons (Fsp3) is 0.462. The average Bonchev–Trinajstić information content (AvgIpc) is 2.33. The Kier molecular flexibility index (Phi) is 7.41. The second-order valence-corrected chi connectivity index (χ2v) is 5.69. The molecule has 1 amide bonds. The van der Waals surface area contributed by atoms with E-state index in [1.54, 1.807) is 0 Å². The Morgan fingerprint density at radius 2 is 1.89 bits per heavy atom. The van der Waals surface area contributed by atoms with Gasteiger partial charge in [0.25, 0.3) is 0 Å². The zero-order chi connectivity index (χ0) is 14.3. The molecule has 0 saturated carbocycles. The summed E-state index contributed by atoms with van der Waals surface area (Å²) in [6.07, 6.45) is 0. The first-order chi connectivity index (χ1) is 9.04. The highest BCUT2D eigenvalue weighted by molar-refractivity contribution is 9.11. The summed E-state index contributed by atoms with van der Waals surface area (Å²) in [4.78, 5) is 10.7. The lowest BCUT2D eigenvalue weighted by Crippen LogP contribution is -2.29. The number of rotatable bonds is 7. The smallest absolute Gasteiger partial charge is 0.216 e. The van der Waals surface area contributed by atoms with Crippen LogP contribution in [-0.2, 0) is 11.3 Å². The van der Waals surface area contributed by atoms with Crippen LogP contribution >= 0.6 is 31.9 Å². The summed E-state index contributed by atoms with van der Waals surface area (Å²) < 4.78 is 7.40. The summed E-state index contributed by atoms with van der Waals surface area (Å²) >= 11 is 7.00. The summed E-state index contributed by atoms with van der Waals surface area (Å²) in [7, 11) is 0. The summed E-state index contributed by atoms with van der Waals surface area (Å²) in [5.74, 6) is 0.817. The van der Waals surface area contributed by atoms with Crippen LogP contribution in [0.2, 0.25) is 0 Å². The second-order valence-electron chi connectivity index (χ2n) is 3.98. The van der Waals surface area contributed by atoms with E-state index in [0.29, 0.717) is 13.2 Å². The second kappa shape index (κ2) is 8.55. The van der Waals surface area contributed by atoms with Gasteiger partial charge in [-0.2, -0.15) is 0 Å². The highest BCUT2D eigenvalue weighted by Crippen LogP contribution is 2.34. The normalized spacial score (nSPS) is 10.3. The summed E-state index contributed by atoms with van der Waals surface area (Å²) in [6, 6.07) is 4.06. The molecule has 1 aromatic rings. The summed E-state index contributed by atoms with van der Waals surface area (Å²) in [5, 5.41) is 6.01. The Morgan fingerprint density at radius 3 is 2.42 bits per heavy atom. The van der Waals surface area contributed by atoms with Gasteiger partial charge in [-0.3, -0.25) is 4.79 Å². The molecule has 0 unspecified atom stereocenters. The lowest BCUT2D eigenvalue weighted by molar-refractivity contribution is -0.118. The van der Waals surface area contributed by atoms with E-state index in [-0.39, 0.29) is 5.91 Å². The fourth-order valence-electron chi connectivity index (χ4n) is 1.56. The van der Waals surface area contributed by atoms with Crippen LogP contribution < -0.4 is 15.4 Å². The third-order valence-corrected chi connectivity index (χ3v) is 3.53. The lowest BCUT2D eigenvalue weighted by atomic mass is 10.2. The summed E-state index contributed by atoms with van der Waals surface area (Å²) in [5.41, 5.74) is 1.14.